The van der Waals surface area contributed by atoms with Crippen molar-refractivity contribution in [2.75, 3.05) is 6.54 Å². The van der Waals surface area contributed by atoms with Crippen LogP contribution in [-0.4, -0.2) is 34.5 Å². The largest absolute Gasteiger partial charge is 0.504 e. The third-order valence-electron chi connectivity index (χ3n) is 3.21. The van der Waals surface area contributed by atoms with Gasteiger partial charge in [-0.2, -0.15) is 0 Å². The minimum Gasteiger partial charge on any atom is -0.504 e. The van der Waals surface area contributed by atoms with Gasteiger partial charge in [0.25, 0.3) is 0 Å². The van der Waals surface area contributed by atoms with Crippen LogP contribution in [0.4, 0.5) is 4.79 Å². The molecular formula is C17H28N2O4. The molecule has 0 saturated heterocycles. The predicted octanol–water partition coefficient (Wildman–Crippen LogP) is 2.88. The lowest BCUT2D eigenvalue weighted by atomic mass is 10.1. The Morgan fingerprint density at radius 1 is 1.30 bits per heavy atom. The first kappa shape index (κ1) is 19.1. The van der Waals surface area contributed by atoms with Crippen molar-refractivity contribution in [2.24, 2.45) is 0 Å². The molecule has 1 rings (SSSR count). The van der Waals surface area contributed by atoms with Crippen molar-refractivity contribution >= 4 is 6.09 Å². The van der Waals surface area contributed by atoms with Crippen molar-refractivity contribution in [3.8, 4) is 11.5 Å². The van der Waals surface area contributed by atoms with Crippen molar-refractivity contribution in [2.45, 2.75) is 58.7 Å². The van der Waals surface area contributed by atoms with E-state index in [1.54, 1.807) is 12.1 Å². The Morgan fingerprint density at radius 2 is 2.00 bits per heavy atom. The number of phenolic OH excluding ortho intramolecular Hbond substituents is 2. The van der Waals surface area contributed by atoms with Gasteiger partial charge in [-0.3, -0.25) is 0 Å². The zero-order chi connectivity index (χ0) is 17.5. The van der Waals surface area contributed by atoms with Gasteiger partial charge in [0.05, 0.1) is 0 Å². The summed E-state index contributed by atoms with van der Waals surface area (Å²) < 4.78 is 5.21. The minimum absolute atomic E-state index is 0.0502. The van der Waals surface area contributed by atoms with Crippen LogP contribution in [0.1, 0.15) is 46.1 Å². The third-order valence-corrected chi connectivity index (χ3v) is 3.21. The van der Waals surface area contributed by atoms with Crippen molar-refractivity contribution in [3.05, 3.63) is 23.8 Å². The topological polar surface area (TPSA) is 90.8 Å². The van der Waals surface area contributed by atoms with Gasteiger partial charge in [0, 0.05) is 24.7 Å². The van der Waals surface area contributed by atoms with Gasteiger partial charge in [-0.1, -0.05) is 25.5 Å². The Morgan fingerprint density at radius 3 is 2.61 bits per heavy atom. The monoisotopic (exact) mass is 324 g/mol. The summed E-state index contributed by atoms with van der Waals surface area (Å²) in [6.07, 6.45) is 1.38. The molecule has 1 unspecified atom stereocenters. The van der Waals surface area contributed by atoms with Gasteiger partial charge in [-0.15, -0.1) is 0 Å². The maximum atomic E-state index is 11.7. The molecule has 1 aromatic rings. The van der Waals surface area contributed by atoms with Crippen LogP contribution >= 0.6 is 0 Å². The number of carbonyl (C=O) groups excluding carboxylic acids is 1. The molecule has 0 bridgehead atoms. The number of aromatic hydroxyl groups is 2. The van der Waals surface area contributed by atoms with E-state index in [1.165, 1.54) is 6.07 Å². The second kappa shape index (κ2) is 8.62. The van der Waals surface area contributed by atoms with E-state index in [4.69, 9.17) is 4.74 Å². The van der Waals surface area contributed by atoms with Crippen LogP contribution in [0.2, 0.25) is 0 Å². The number of carbonyl (C=O) groups is 1. The summed E-state index contributed by atoms with van der Waals surface area (Å²) in [7, 11) is 0. The number of nitrogens with one attached hydrogen (secondary N) is 2. The van der Waals surface area contributed by atoms with Crippen molar-refractivity contribution in [3.63, 3.8) is 0 Å². The molecule has 4 N–H and O–H groups in total. The number of para-hydroxylation sites is 1. The Labute approximate surface area is 137 Å². The van der Waals surface area contributed by atoms with E-state index in [0.29, 0.717) is 18.7 Å². The molecule has 0 heterocycles. The SMILES string of the molecule is CCCC(CNC(=O)OC(C)(C)C)NCc1cccc(O)c1O. The molecule has 0 fully saturated rings. The zero-order valence-electron chi connectivity index (χ0n) is 14.3. The van der Waals surface area contributed by atoms with Gasteiger partial charge in [0.15, 0.2) is 11.5 Å². The van der Waals surface area contributed by atoms with E-state index in [-0.39, 0.29) is 17.5 Å². The van der Waals surface area contributed by atoms with Gasteiger partial charge in [-0.25, -0.2) is 4.79 Å². The Bertz CT molecular complexity index is 512. The molecule has 0 radical (unpaired) electrons. The molecule has 23 heavy (non-hydrogen) atoms. The van der Waals surface area contributed by atoms with Crippen LogP contribution in [0, 0.1) is 0 Å². The molecule has 0 aromatic heterocycles. The van der Waals surface area contributed by atoms with Crippen molar-refractivity contribution in [1.29, 1.82) is 0 Å². The van der Waals surface area contributed by atoms with E-state index < -0.39 is 11.7 Å². The van der Waals surface area contributed by atoms with Crippen LogP contribution < -0.4 is 10.6 Å². The number of alkyl carbamates (subject to hydrolysis) is 1. The lowest BCUT2D eigenvalue weighted by Crippen LogP contribution is -2.42. The first-order chi connectivity index (χ1) is 10.7. The molecule has 130 valence electrons. The number of hydrogen-bond acceptors (Lipinski definition) is 5. The van der Waals surface area contributed by atoms with Crippen LogP contribution in [-0.2, 0) is 11.3 Å². The Hall–Kier alpha value is -1.95. The average Bonchev–Trinajstić information content (AvgIpc) is 2.44. The summed E-state index contributed by atoms with van der Waals surface area (Å²) in [6.45, 7) is 8.36. The van der Waals surface area contributed by atoms with Crippen LogP contribution in [0.5, 0.6) is 11.5 Å². The van der Waals surface area contributed by atoms with Crippen LogP contribution in [0.25, 0.3) is 0 Å². The Kier molecular flexibility index (Phi) is 7.16. The molecule has 0 saturated carbocycles. The zero-order valence-corrected chi connectivity index (χ0v) is 14.3. The highest BCUT2D eigenvalue weighted by Crippen LogP contribution is 2.28. The highest BCUT2D eigenvalue weighted by Gasteiger charge is 2.17. The summed E-state index contributed by atoms with van der Waals surface area (Å²) >= 11 is 0. The minimum atomic E-state index is -0.523. The second-order valence-electron chi connectivity index (χ2n) is 6.53. The normalized spacial score (nSPS) is 12.7. The van der Waals surface area contributed by atoms with Crippen LogP contribution in [0.15, 0.2) is 18.2 Å². The molecule has 1 aromatic carbocycles. The average molecular weight is 324 g/mol. The number of amides is 1. The first-order valence-electron chi connectivity index (χ1n) is 7.93. The summed E-state index contributed by atoms with van der Waals surface area (Å²) in [4.78, 5) is 11.7. The van der Waals surface area contributed by atoms with E-state index >= 15 is 0 Å². The van der Waals surface area contributed by atoms with Crippen molar-refractivity contribution < 1.29 is 19.7 Å². The quantitative estimate of drug-likeness (QED) is 0.579. The number of benzene rings is 1. The standard InChI is InChI=1S/C17H28N2O4/c1-5-7-13(11-19-16(22)23-17(2,3)4)18-10-12-8-6-9-14(20)15(12)21/h6,8-9,13,18,20-21H,5,7,10-11H2,1-4H3,(H,19,22). The summed E-state index contributed by atoms with van der Waals surface area (Å²) in [6, 6.07) is 4.91. The number of phenols is 2. The molecule has 0 aliphatic carbocycles. The van der Waals surface area contributed by atoms with E-state index in [1.807, 2.05) is 20.8 Å². The van der Waals surface area contributed by atoms with E-state index in [2.05, 4.69) is 17.6 Å². The fourth-order valence-electron chi connectivity index (χ4n) is 2.12. The fourth-order valence-corrected chi connectivity index (χ4v) is 2.12. The second-order valence-corrected chi connectivity index (χ2v) is 6.53. The highest BCUT2D eigenvalue weighted by atomic mass is 16.6. The maximum absolute atomic E-state index is 11.7. The predicted molar refractivity (Wildman–Crippen MR) is 89.5 cm³/mol. The van der Waals surface area contributed by atoms with Gasteiger partial charge >= 0.3 is 6.09 Å². The molecule has 0 aliphatic heterocycles. The summed E-state index contributed by atoms with van der Waals surface area (Å²) in [5.74, 6) is -0.251. The molecule has 1 atom stereocenters. The first-order valence-corrected chi connectivity index (χ1v) is 7.93. The Balaban J connectivity index is 2.52. The lowest BCUT2D eigenvalue weighted by molar-refractivity contribution is 0.0521. The van der Waals surface area contributed by atoms with E-state index in [9.17, 15) is 15.0 Å². The molecule has 0 aliphatic rings. The third kappa shape index (κ3) is 7.23. The number of rotatable bonds is 7. The van der Waals surface area contributed by atoms with Gasteiger partial charge in [0.1, 0.15) is 5.60 Å². The van der Waals surface area contributed by atoms with Crippen molar-refractivity contribution in [1.82, 2.24) is 10.6 Å². The lowest BCUT2D eigenvalue weighted by Gasteiger charge is -2.22. The summed E-state index contributed by atoms with van der Waals surface area (Å²) in [5, 5.41) is 25.3. The number of hydrogen-bond donors (Lipinski definition) is 4. The van der Waals surface area contributed by atoms with Gasteiger partial charge < -0.3 is 25.6 Å². The fraction of sp³-hybridized carbons (Fsp3) is 0.588. The number of ether oxygens (including phenoxy) is 1. The molecule has 1 amide bonds. The highest BCUT2D eigenvalue weighted by molar-refractivity contribution is 5.67. The molecular weight excluding hydrogens is 296 g/mol. The summed E-state index contributed by atoms with van der Waals surface area (Å²) in [5.41, 5.74) is 0.0915. The molecule has 0 spiro atoms. The van der Waals surface area contributed by atoms with Crippen LogP contribution in [0.3, 0.4) is 0 Å². The van der Waals surface area contributed by atoms with Gasteiger partial charge in [0.2, 0.25) is 0 Å². The maximum Gasteiger partial charge on any atom is 0.407 e. The molecule has 6 nitrogen and oxygen atoms in total. The van der Waals surface area contributed by atoms with Gasteiger partial charge in [-0.05, 0) is 33.3 Å². The smallest absolute Gasteiger partial charge is 0.407 e. The molecule has 6 heteroatoms. The van der Waals surface area contributed by atoms with E-state index in [0.717, 1.165) is 12.8 Å².